The van der Waals surface area contributed by atoms with Crippen LogP contribution in [-0.4, -0.2) is 22.2 Å². The Kier molecular flexibility index (Phi) is 9.00. The zero-order chi connectivity index (χ0) is 47.3. The van der Waals surface area contributed by atoms with E-state index in [-0.39, 0.29) is 22.0 Å². The Hall–Kier alpha value is -6.14. The van der Waals surface area contributed by atoms with Crippen LogP contribution < -0.4 is 9.47 Å². The summed E-state index contributed by atoms with van der Waals surface area (Å²) in [5.41, 5.74) is 12.0. The number of hydrogen-bond donors (Lipinski definition) is 2. The first-order chi connectivity index (χ1) is 33.0. The zero-order valence-electron chi connectivity index (χ0n) is 40.4. The lowest BCUT2D eigenvalue weighted by molar-refractivity contribution is -0.110. The van der Waals surface area contributed by atoms with Gasteiger partial charge in [0.1, 0.15) is 23.0 Å². The van der Waals surface area contributed by atoms with Gasteiger partial charge in [0.15, 0.2) is 0 Å². The van der Waals surface area contributed by atoms with Crippen LogP contribution in [0.5, 0.6) is 23.0 Å². The predicted molar refractivity (Wildman–Crippen MR) is 269 cm³/mol. The normalized spacial score (nSPS) is 32.6. The van der Waals surface area contributed by atoms with Gasteiger partial charge in [-0.25, -0.2) is 9.59 Å². The molecule has 4 atom stereocenters. The summed E-state index contributed by atoms with van der Waals surface area (Å²) in [6, 6.07) is 45.8. The van der Waals surface area contributed by atoms with E-state index >= 15 is 0 Å². The van der Waals surface area contributed by atoms with Gasteiger partial charge in [0.25, 0.3) is 0 Å². The lowest BCUT2D eigenvalue weighted by Gasteiger charge is -2.65. The van der Waals surface area contributed by atoms with Crippen molar-refractivity contribution < 1.29 is 29.3 Å². The van der Waals surface area contributed by atoms with Gasteiger partial charge in [-0.15, -0.1) is 0 Å². The van der Waals surface area contributed by atoms with Crippen molar-refractivity contribution in [1.29, 1.82) is 0 Å². The van der Waals surface area contributed by atoms with Crippen LogP contribution >= 0.6 is 0 Å². The monoisotopic (exact) mass is 914 g/mol. The molecule has 350 valence electrons. The number of rotatable bonds is 10. The van der Waals surface area contributed by atoms with Crippen molar-refractivity contribution in [2.75, 3.05) is 0 Å². The number of aromatic carboxylic acids is 2. The van der Waals surface area contributed by atoms with E-state index in [0.717, 1.165) is 23.0 Å². The summed E-state index contributed by atoms with van der Waals surface area (Å²) in [7, 11) is 0. The molecule has 0 aliphatic heterocycles. The molecular formula is C63H62O6. The van der Waals surface area contributed by atoms with Crippen LogP contribution in [0.1, 0.15) is 159 Å². The molecule has 4 unspecified atom stereocenters. The molecule has 0 aromatic heterocycles. The smallest absolute Gasteiger partial charge is 0.335 e. The van der Waals surface area contributed by atoms with Gasteiger partial charge >= 0.3 is 11.9 Å². The number of benzene rings is 6. The van der Waals surface area contributed by atoms with E-state index in [9.17, 15) is 19.8 Å². The number of ether oxygens (including phenoxy) is 2. The van der Waals surface area contributed by atoms with Gasteiger partial charge in [0.05, 0.1) is 16.5 Å². The van der Waals surface area contributed by atoms with Crippen molar-refractivity contribution in [3.63, 3.8) is 0 Å². The Morgan fingerprint density at radius 2 is 0.710 bits per heavy atom. The summed E-state index contributed by atoms with van der Waals surface area (Å²) in [6.07, 6.45) is 15.6. The minimum absolute atomic E-state index is 0.134. The van der Waals surface area contributed by atoms with E-state index < -0.39 is 17.4 Å². The lowest BCUT2D eigenvalue weighted by Crippen LogP contribution is -2.56. The number of carbonyl (C=O) groups is 2. The average Bonchev–Trinajstić information content (AvgIpc) is 3.57. The van der Waals surface area contributed by atoms with Crippen molar-refractivity contribution >= 4 is 11.9 Å². The highest BCUT2D eigenvalue weighted by Gasteiger charge is 2.62. The molecule has 0 saturated heterocycles. The van der Waals surface area contributed by atoms with Crippen molar-refractivity contribution in [2.45, 2.75) is 121 Å². The molecule has 0 amide bonds. The van der Waals surface area contributed by atoms with Crippen molar-refractivity contribution in [1.82, 2.24) is 0 Å². The third-order valence-corrected chi connectivity index (χ3v) is 18.9. The summed E-state index contributed by atoms with van der Waals surface area (Å²) in [5, 5.41) is 19.1. The summed E-state index contributed by atoms with van der Waals surface area (Å²) in [4.78, 5) is 23.3. The van der Waals surface area contributed by atoms with Crippen LogP contribution in [0.4, 0.5) is 0 Å². The molecule has 8 saturated carbocycles. The molecule has 6 aromatic rings. The molecule has 2 N–H and O–H groups in total. The lowest BCUT2D eigenvalue weighted by atomic mass is 9.39. The summed E-state index contributed by atoms with van der Waals surface area (Å²) in [6.45, 7) is 10.3. The second kappa shape index (κ2) is 14.5. The molecule has 0 spiro atoms. The highest BCUT2D eigenvalue weighted by molar-refractivity contribution is 5.89. The molecule has 6 aromatic carbocycles. The molecule has 6 heteroatoms. The molecule has 9 aliphatic rings. The summed E-state index contributed by atoms with van der Waals surface area (Å²) < 4.78 is 12.8. The maximum absolute atomic E-state index is 11.6. The van der Waals surface area contributed by atoms with Crippen LogP contribution in [-0.2, 0) is 16.2 Å². The minimum Gasteiger partial charge on any atom is -0.478 e. The van der Waals surface area contributed by atoms with Gasteiger partial charge in [0.2, 0.25) is 0 Å². The Morgan fingerprint density at radius 3 is 1.01 bits per heavy atom. The molecule has 8 bridgehead atoms. The predicted octanol–water partition coefficient (Wildman–Crippen LogP) is 15.5. The second-order valence-electron chi connectivity index (χ2n) is 25.0. The molecule has 15 rings (SSSR count). The van der Waals surface area contributed by atoms with E-state index in [1.54, 1.807) is 48.5 Å². The van der Waals surface area contributed by atoms with E-state index in [2.05, 4.69) is 113 Å². The molecule has 0 radical (unpaired) electrons. The standard InChI is InChI=1S/C63H62O6/c1-57-27-39-28-58(2,33-57)36-61(31-39,35-57)45-13-23-51-52-24-14-46(62-32-40-29-59(3,37-62)34-60(4,30-40)38-62)26-54(52)63(53(51)25-45,43-9-19-49(20-10-43)68-47-15-5-41(6-16-47)55(64)65)44-11-21-50(22-12-44)69-48-17-7-42(8-18-48)56(66)67/h5-26,39-40H,27-38H2,1-4H3,(H,64,65)(H,66,67). The Balaban J connectivity index is 1.00. The van der Waals surface area contributed by atoms with E-state index in [0.29, 0.717) is 44.7 Å². The van der Waals surface area contributed by atoms with Gasteiger partial charge in [0, 0.05) is 0 Å². The highest BCUT2D eigenvalue weighted by Crippen LogP contribution is 2.72. The quantitative estimate of drug-likeness (QED) is 0.142. The van der Waals surface area contributed by atoms with Gasteiger partial charge in [-0.05, 0) is 239 Å². The van der Waals surface area contributed by atoms with Crippen molar-refractivity contribution in [3.8, 4) is 34.1 Å². The molecule has 6 nitrogen and oxygen atoms in total. The van der Waals surface area contributed by atoms with Crippen LogP contribution in [0.2, 0.25) is 0 Å². The molecule has 8 fully saturated rings. The minimum atomic E-state index is -0.966. The van der Waals surface area contributed by atoms with Crippen LogP contribution in [0.15, 0.2) is 133 Å². The fraction of sp³-hybridized carbons (Fsp3) is 0.397. The summed E-state index contributed by atoms with van der Waals surface area (Å²) in [5.74, 6) is 2.12. The van der Waals surface area contributed by atoms with Crippen molar-refractivity contribution in [2.24, 2.45) is 33.5 Å². The summed E-state index contributed by atoms with van der Waals surface area (Å²) >= 11 is 0. The fourth-order valence-electron chi connectivity index (χ4n) is 18.5. The number of fused-ring (bicyclic) bond motifs is 3. The zero-order valence-corrected chi connectivity index (χ0v) is 40.4. The van der Waals surface area contributed by atoms with Gasteiger partial charge in [-0.3, -0.25) is 0 Å². The number of carboxylic acid groups (broad SMARTS) is 2. The van der Waals surface area contributed by atoms with Crippen molar-refractivity contribution in [3.05, 3.63) is 178 Å². The number of carboxylic acids is 2. The number of hydrogen-bond acceptors (Lipinski definition) is 4. The first kappa shape index (κ1) is 42.9. The first-order valence-corrected chi connectivity index (χ1v) is 25.5. The topological polar surface area (TPSA) is 93.1 Å². The van der Waals surface area contributed by atoms with E-state index in [1.807, 2.05) is 0 Å². The molecular weight excluding hydrogens is 853 g/mol. The third-order valence-electron chi connectivity index (χ3n) is 18.9. The Morgan fingerprint density at radius 1 is 0.406 bits per heavy atom. The first-order valence-electron chi connectivity index (χ1n) is 25.5. The Labute approximate surface area is 406 Å². The highest BCUT2D eigenvalue weighted by atomic mass is 16.5. The molecule has 9 aliphatic carbocycles. The van der Waals surface area contributed by atoms with Gasteiger partial charge in [-0.2, -0.15) is 0 Å². The van der Waals surface area contributed by atoms with Crippen LogP contribution in [0.3, 0.4) is 0 Å². The maximum atomic E-state index is 11.6. The maximum Gasteiger partial charge on any atom is 0.335 e. The van der Waals surface area contributed by atoms with E-state index in [4.69, 9.17) is 9.47 Å². The second-order valence-corrected chi connectivity index (χ2v) is 25.0. The van der Waals surface area contributed by atoms with E-state index in [1.165, 1.54) is 110 Å². The SMILES string of the molecule is CC12CC3CC(C)(C1)CC(c1ccc4c(c1)C(c1ccc(Oc5ccc(C(=O)O)cc5)cc1)(c1ccc(Oc5ccc(C(=O)O)cc5)cc1)c1cc(C56CC7CC(C)(CC(C)(C7)C5)C6)ccc1-4)(C3)C2. The average molecular weight is 915 g/mol. The fourth-order valence-corrected chi connectivity index (χ4v) is 18.5. The molecule has 69 heavy (non-hydrogen) atoms. The molecule has 0 heterocycles. The van der Waals surface area contributed by atoms with Crippen LogP contribution in [0.25, 0.3) is 11.1 Å². The van der Waals surface area contributed by atoms with Gasteiger partial charge < -0.3 is 19.7 Å². The third kappa shape index (κ3) is 6.70. The van der Waals surface area contributed by atoms with Gasteiger partial charge in [-0.1, -0.05) is 88.4 Å². The largest absolute Gasteiger partial charge is 0.478 e. The van der Waals surface area contributed by atoms with Crippen LogP contribution in [0, 0.1) is 33.5 Å². The Bertz CT molecular complexity index is 2840.